The lowest BCUT2D eigenvalue weighted by molar-refractivity contribution is -0.127. The fraction of sp³-hybridized carbons (Fsp3) is 0.238. The number of rotatable bonds is 8. The number of fused-ring (bicyclic) bond motifs is 1. The summed E-state index contributed by atoms with van der Waals surface area (Å²) in [5.41, 5.74) is 1.43. The molecule has 1 aromatic heterocycles. The molecule has 0 aliphatic rings. The van der Waals surface area contributed by atoms with Crippen LogP contribution in [-0.4, -0.2) is 36.0 Å². The molecular weight excluding hydrogens is 413 g/mol. The Labute approximate surface area is 178 Å². The van der Waals surface area contributed by atoms with Crippen molar-refractivity contribution in [1.29, 1.82) is 0 Å². The highest BCUT2D eigenvalue weighted by Crippen LogP contribution is 2.28. The summed E-state index contributed by atoms with van der Waals surface area (Å²) < 4.78 is 5.57. The van der Waals surface area contributed by atoms with Gasteiger partial charge in [-0.05, 0) is 43.7 Å². The second-order valence-corrected chi connectivity index (χ2v) is 7.35. The van der Waals surface area contributed by atoms with Gasteiger partial charge in [0.15, 0.2) is 6.10 Å². The number of hydrogen-bond acceptors (Lipinski definition) is 3. The van der Waals surface area contributed by atoms with E-state index in [2.05, 4.69) is 15.6 Å². The quantitative estimate of drug-likeness (QED) is 0.465. The monoisotopic (exact) mass is 433 g/mol. The molecule has 0 bridgehead atoms. The number of nitrogens with one attached hydrogen (secondary N) is 3. The molecule has 3 aromatic rings. The van der Waals surface area contributed by atoms with Crippen molar-refractivity contribution in [1.82, 2.24) is 15.6 Å². The molecular formula is C21H21Cl2N3O3. The molecule has 0 saturated carbocycles. The van der Waals surface area contributed by atoms with Crippen LogP contribution in [0.5, 0.6) is 5.75 Å². The van der Waals surface area contributed by atoms with Crippen LogP contribution in [0.4, 0.5) is 0 Å². The summed E-state index contributed by atoms with van der Waals surface area (Å²) in [7, 11) is 0. The number of H-pyrrole nitrogens is 1. The molecule has 29 heavy (non-hydrogen) atoms. The van der Waals surface area contributed by atoms with Crippen molar-refractivity contribution >= 4 is 45.9 Å². The highest BCUT2D eigenvalue weighted by molar-refractivity contribution is 6.35. The second kappa shape index (κ2) is 9.67. The Kier molecular flexibility index (Phi) is 7.01. The summed E-state index contributed by atoms with van der Waals surface area (Å²) in [5, 5.41) is 7.43. The Balaban J connectivity index is 1.38. The van der Waals surface area contributed by atoms with Gasteiger partial charge in [0, 0.05) is 29.0 Å². The molecule has 8 heteroatoms. The maximum atomic E-state index is 12.2. The molecule has 2 aromatic carbocycles. The van der Waals surface area contributed by atoms with Crippen LogP contribution >= 0.6 is 23.2 Å². The van der Waals surface area contributed by atoms with Crippen molar-refractivity contribution in [3.05, 3.63) is 64.3 Å². The zero-order valence-electron chi connectivity index (χ0n) is 15.8. The van der Waals surface area contributed by atoms with Gasteiger partial charge in [-0.25, -0.2) is 0 Å². The van der Waals surface area contributed by atoms with Crippen LogP contribution < -0.4 is 15.4 Å². The van der Waals surface area contributed by atoms with Crippen molar-refractivity contribution in [2.24, 2.45) is 0 Å². The number of carbonyl (C=O) groups is 2. The molecule has 6 nitrogen and oxygen atoms in total. The van der Waals surface area contributed by atoms with E-state index in [0.29, 0.717) is 41.0 Å². The number of amides is 2. The van der Waals surface area contributed by atoms with E-state index in [-0.39, 0.29) is 11.8 Å². The number of para-hydroxylation sites is 1. The zero-order valence-corrected chi connectivity index (χ0v) is 17.3. The molecule has 0 radical (unpaired) electrons. The van der Waals surface area contributed by atoms with E-state index in [1.807, 2.05) is 30.3 Å². The summed E-state index contributed by atoms with van der Waals surface area (Å²) in [5.74, 6) is -0.0520. The predicted molar refractivity (Wildman–Crippen MR) is 115 cm³/mol. The number of halogens is 2. The molecule has 0 unspecified atom stereocenters. The first-order valence-electron chi connectivity index (χ1n) is 9.19. The van der Waals surface area contributed by atoms with Crippen LogP contribution in [0.25, 0.3) is 10.9 Å². The van der Waals surface area contributed by atoms with Gasteiger partial charge >= 0.3 is 0 Å². The minimum atomic E-state index is -0.713. The molecule has 0 fully saturated rings. The maximum Gasteiger partial charge on any atom is 0.267 e. The highest BCUT2D eigenvalue weighted by atomic mass is 35.5. The SMILES string of the molecule is C[C@@H](Oc1ccc(Cl)cc1Cl)C(=O)NCCCNC(=O)c1cc2ccccc2[nH]1. The number of aromatic amines is 1. The second-order valence-electron chi connectivity index (χ2n) is 6.51. The normalized spacial score (nSPS) is 11.8. The molecule has 0 aliphatic carbocycles. The van der Waals surface area contributed by atoms with Gasteiger partial charge in [-0.1, -0.05) is 41.4 Å². The van der Waals surface area contributed by atoms with Gasteiger partial charge in [0.25, 0.3) is 11.8 Å². The lowest BCUT2D eigenvalue weighted by Crippen LogP contribution is -2.38. The number of aromatic nitrogens is 1. The minimum absolute atomic E-state index is 0.179. The van der Waals surface area contributed by atoms with E-state index in [9.17, 15) is 9.59 Å². The van der Waals surface area contributed by atoms with Crippen LogP contribution in [0.1, 0.15) is 23.8 Å². The Morgan fingerprint density at radius 1 is 1.07 bits per heavy atom. The number of carbonyl (C=O) groups excluding carboxylic acids is 2. The van der Waals surface area contributed by atoms with E-state index in [0.717, 1.165) is 10.9 Å². The molecule has 0 saturated heterocycles. The summed E-state index contributed by atoms with van der Waals surface area (Å²) in [4.78, 5) is 27.4. The Morgan fingerprint density at radius 3 is 2.59 bits per heavy atom. The zero-order chi connectivity index (χ0) is 20.8. The lowest BCUT2D eigenvalue weighted by Gasteiger charge is -2.15. The number of hydrogen-bond donors (Lipinski definition) is 3. The average molecular weight is 434 g/mol. The summed E-state index contributed by atoms with van der Waals surface area (Å²) >= 11 is 11.9. The van der Waals surface area contributed by atoms with Crippen LogP contribution in [0.2, 0.25) is 10.0 Å². The Bertz CT molecular complexity index is 986. The molecule has 2 amide bonds. The highest BCUT2D eigenvalue weighted by Gasteiger charge is 2.16. The topological polar surface area (TPSA) is 83.2 Å². The predicted octanol–water partition coefficient (Wildman–Crippen LogP) is 4.18. The van der Waals surface area contributed by atoms with Crippen molar-refractivity contribution in [3.8, 4) is 5.75 Å². The van der Waals surface area contributed by atoms with E-state index in [1.54, 1.807) is 25.1 Å². The van der Waals surface area contributed by atoms with Crippen LogP contribution in [-0.2, 0) is 4.79 Å². The first-order valence-corrected chi connectivity index (χ1v) is 9.95. The molecule has 1 atom stereocenters. The first kappa shape index (κ1) is 21.0. The van der Waals surface area contributed by atoms with E-state index >= 15 is 0 Å². The van der Waals surface area contributed by atoms with Crippen LogP contribution in [0.3, 0.4) is 0 Å². The summed E-state index contributed by atoms with van der Waals surface area (Å²) in [6.07, 6.45) is -0.124. The Morgan fingerprint density at radius 2 is 1.83 bits per heavy atom. The van der Waals surface area contributed by atoms with Crippen LogP contribution in [0, 0.1) is 0 Å². The van der Waals surface area contributed by atoms with Gasteiger partial charge in [0.2, 0.25) is 0 Å². The number of ether oxygens (including phenoxy) is 1. The third kappa shape index (κ3) is 5.65. The van der Waals surface area contributed by atoms with Crippen molar-refractivity contribution < 1.29 is 14.3 Å². The van der Waals surface area contributed by atoms with Crippen molar-refractivity contribution in [2.75, 3.05) is 13.1 Å². The Hall–Kier alpha value is -2.70. The summed E-state index contributed by atoms with van der Waals surface area (Å²) in [6, 6.07) is 14.3. The van der Waals surface area contributed by atoms with Crippen LogP contribution in [0.15, 0.2) is 48.5 Å². The maximum absolute atomic E-state index is 12.2. The molecule has 3 rings (SSSR count). The van der Waals surface area contributed by atoms with E-state index in [4.69, 9.17) is 27.9 Å². The largest absolute Gasteiger partial charge is 0.479 e. The van der Waals surface area contributed by atoms with Gasteiger partial charge in [0.05, 0.1) is 5.02 Å². The van der Waals surface area contributed by atoms with Crippen molar-refractivity contribution in [3.63, 3.8) is 0 Å². The molecule has 3 N–H and O–H groups in total. The third-order valence-corrected chi connectivity index (χ3v) is 4.81. The van der Waals surface area contributed by atoms with Gasteiger partial charge in [-0.15, -0.1) is 0 Å². The number of benzene rings is 2. The van der Waals surface area contributed by atoms with Gasteiger partial charge in [0.1, 0.15) is 11.4 Å². The van der Waals surface area contributed by atoms with E-state index in [1.165, 1.54) is 0 Å². The summed E-state index contributed by atoms with van der Waals surface area (Å²) in [6.45, 7) is 2.48. The van der Waals surface area contributed by atoms with Gasteiger partial charge in [-0.2, -0.15) is 0 Å². The van der Waals surface area contributed by atoms with E-state index < -0.39 is 6.10 Å². The molecule has 0 spiro atoms. The van der Waals surface area contributed by atoms with Gasteiger partial charge < -0.3 is 20.4 Å². The average Bonchev–Trinajstić information content (AvgIpc) is 3.14. The van der Waals surface area contributed by atoms with Gasteiger partial charge in [-0.3, -0.25) is 9.59 Å². The molecule has 0 aliphatic heterocycles. The lowest BCUT2D eigenvalue weighted by atomic mass is 10.2. The smallest absolute Gasteiger partial charge is 0.267 e. The minimum Gasteiger partial charge on any atom is -0.479 e. The standard InChI is InChI=1S/C21H21Cl2N3O3/c1-13(29-19-8-7-15(22)12-16(19)23)20(27)24-9-4-10-25-21(28)18-11-14-5-2-3-6-17(14)26-18/h2-3,5-8,11-13,26H,4,9-10H2,1H3,(H,24,27)(H,25,28)/t13-/m1/s1. The van der Waals surface area contributed by atoms with Crippen molar-refractivity contribution in [2.45, 2.75) is 19.4 Å². The third-order valence-electron chi connectivity index (χ3n) is 4.28. The fourth-order valence-corrected chi connectivity index (χ4v) is 3.20. The fourth-order valence-electron chi connectivity index (χ4n) is 2.75. The molecule has 1 heterocycles. The molecule has 152 valence electrons. The first-order chi connectivity index (χ1) is 13.9.